The Bertz CT molecular complexity index is 968. The second kappa shape index (κ2) is 36.5. The van der Waals surface area contributed by atoms with Crippen molar-refractivity contribution in [3.05, 3.63) is 36.5 Å². The molecule has 0 bridgehead atoms. The molecule has 53 heavy (non-hydrogen) atoms. The Morgan fingerprint density at radius 1 is 0.566 bits per heavy atom. The van der Waals surface area contributed by atoms with Crippen LogP contribution in [0.15, 0.2) is 36.5 Å². The lowest BCUT2D eigenvalue weighted by Gasteiger charge is -2.31. The zero-order valence-electron chi connectivity index (χ0n) is 35.0. The molecule has 0 aromatic heterocycles. The van der Waals surface area contributed by atoms with Gasteiger partial charge in [0.1, 0.15) is 6.61 Å². The molecule has 0 heterocycles. The average Bonchev–Trinajstić information content (AvgIpc) is 3.11. The number of unbranched alkanes of at least 4 members (excludes halogenated alkanes) is 18. The predicted molar refractivity (Wildman–Crippen MR) is 220 cm³/mol. The lowest BCUT2D eigenvalue weighted by Crippen LogP contribution is -2.50. The van der Waals surface area contributed by atoms with Crippen molar-refractivity contribution in [1.29, 1.82) is 0 Å². The van der Waals surface area contributed by atoms with E-state index in [-0.39, 0.29) is 36.2 Å². The molecule has 0 saturated carbocycles. The normalized spacial score (nSPS) is 13.3. The molecule has 0 amide bonds. The second-order valence-electron chi connectivity index (χ2n) is 15.6. The molecule has 0 fully saturated rings. The molecule has 0 aromatic rings. The lowest BCUT2D eigenvalue weighted by molar-refractivity contribution is -0.887. The monoisotopic (exact) mass is 749 g/mol. The van der Waals surface area contributed by atoms with Crippen LogP contribution in [0.4, 0.5) is 0 Å². The maximum atomic E-state index is 12.7. The summed E-state index contributed by atoms with van der Waals surface area (Å²) in [5, 5.41) is 9.60. The van der Waals surface area contributed by atoms with Crippen molar-refractivity contribution in [3.8, 4) is 0 Å². The SMILES string of the molecule is CCC/C=C\C/C=C\CCCCCCCC(=O)OC(COCCC(C(=O)O)[N+](C)(C)C)COC(=O)CCCCCCC/C=C\CCCCCCCCC. The van der Waals surface area contributed by atoms with E-state index in [1.54, 1.807) is 0 Å². The summed E-state index contributed by atoms with van der Waals surface area (Å²) in [7, 11) is 5.51. The van der Waals surface area contributed by atoms with Crippen molar-refractivity contribution in [2.45, 2.75) is 193 Å². The van der Waals surface area contributed by atoms with E-state index in [0.29, 0.717) is 19.3 Å². The van der Waals surface area contributed by atoms with E-state index < -0.39 is 18.1 Å². The fourth-order valence-corrected chi connectivity index (χ4v) is 6.12. The van der Waals surface area contributed by atoms with Gasteiger partial charge in [-0.25, -0.2) is 4.79 Å². The molecule has 0 aliphatic heterocycles. The highest BCUT2D eigenvalue weighted by Crippen LogP contribution is 2.13. The van der Waals surface area contributed by atoms with Gasteiger partial charge in [-0.3, -0.25) is 9.59 Å². The molecule has 0 saturated heterocycles. The van der Waals surface area contributed by atoms with E-state index >= 15 is 0 Å². The Hall–Kier alpha value is -2.45. The number of likely N-dealkylation sites (N-methyl/N-ethyl adjacent to an activating group) is 1. The summed E-state index contributed by atoms with van der Waals surface area (Å²) in [5.41, 5.74) is 0. The number of ether oxygens (including phenoxy) is 3. The first-order valence-corrected chi connectivity index (χ1v) is 21.5. The summed E-state index contributed by atoms with van der Waals surface area (Å²) in [6, 6.07) is -0.617. The van der Waals surface area contributed by atoms with Crippen molar-refractivity contribution >= 4 is 17.9 Å². The van der Waals surface area contributed by atoms with Gasteiger partial charge in [0.15, 0.2) is 12.1 Å². The minimum absolute atomic E-state index is 0.0535. The molecule has 8 heteroatoms. The molecule has 1 N–H and O–H groups in total. The number of esters is 2. The quantitative estimate of drug-likeness (QED) is 0.0290. The van der Waals surface area contributed by atoms with Crippen LogP contribution in [0.5, 0.6) is 0 Å². The average molecular weight is 749 g/mol. The van der Waals surface area contributed by atoms with Crippen molar-refractivity contribution in [3.63, 3.8) is 0 Å². The minimum Gasteiger partial charge on any atom is -0.477 e. The third-order valence-corrected chi connectivity index (χ3v) is 9.49. The van der Waals surface area contributed by atoms with E-state index in [0.717, 1.165) is 83.5 Å². The van der Waals surface area contributed by atoms with Crippen LogP contribution in [0.25, 0.3) is 0 Å². The van der Waals surface area contributed by atoms with E-state index in [4.69, 9.17) is 14.2 Å². The Labute approximate surface area is 325 Å². The fraction of sp³-hybridized carbons (Fsp3) is 0.800. The maximum absolute atomic E-state index is 12.7. The third kappa shape index (κ3) is 35.0. The van der Waals surface area contributed by atoms with Crippen LogP contribution in [0.2, 0.25) is 0 Å². The highest BCUT2D eigenvalue weighted by Gasteiger charge is 2.31. The van der Waals surface area contributed by atoms with Crippen LogP contribution in [-0.4, -0.2) is 80.6 Å². The van der Waals surface area contributed by atoms with Gasteiger partial charge in [0.05, 0.1) is 34.4 Å². The van der Waals surface area contributed by atoms with Crippen LogP contribution in [0.3, 0.4) is 0 Å². The minimum atomic E-state index is -0.879. The number of rotatable bonds is 38. The van der Waals surface area contributed by atoms with Gasteiger partial charge in [-0.15, -0.1) is 0 Å². The maximum Gasteiger partial charge on any atom is 0.362 e. The molecule has 0 radical (unpaired) electrons. The van der Waals surface area contributed by atoms with Crippen LogP contribution < -0.4 is 0 Å². The largest absolute Gasteiger partial charge is 0.477 e. The number of carbonyl (C=O) groups excluding carboxylic acids is 2. The molecule has 0 spiro atoms. The first kappa shape index (κ1) is 50.5. The smallest absolute Gasteiger partial charge is 0.362 e. The fourth-order valence-electron chi connectivity index (χ4n) is 6.12. The zero-order valence-corrected chi connectivity index (χ0v) is 35.0. The number of hydrogen-bond acceptors (Lipinski definition) is 6. The summed E-state index contributed by atoms with van der Waals surface area (Å²) >= 11 is 0. The number of allylic oxidation sites excluding steroid dienone is 6. The summed E-state index contributed by atoms with van der Waals surface area (Å²) in [5.74, 6) is -1.50. The number of carbonyl (C=O) groups is 3. The molecular weight excluding hydrogens is 666 g/mol. The summed E-state index contributed by atoms with van der Waals surface area (Å²) in [4.78, 5) is 36.9. The van der Waals surface area contributed by atoms with Crippen LogP contribution >= 0.6 is 0 Å². The van der Waals surface area contributed by atoms with E-state index in [9.17, 15) is 19.5 Å². The molecule has 0 rings (SSSR count). The van der Waals surface area contributed by atoms with Crippen LogP contribution in [-0.2, 0) is 28.6 Å². The molecular formula is C45H82NO7+. The summed E-state index contributed by atoms with van der Waals surface area (Å²) in [6.45, 7) is 4.64. The van der Waals surface area contributed by atoms with Gasteiger partial charge in [0.2, 0.25) is 0 Å². The number of quaternary nitrogens is 1. The topological polar surface area (TPSA) is 99.1 Å². The number of hydrogen-bond donors (Lipinski definition) is 1. The van der Waals surface area contributed by atoms with Crippen molar-refractivity contribution in [1.82, 2.24) is 0 Å². The second-order valence-corrected chi connectivity index (χ2v) is 15.6. The Kier molecular flexibility index (Phi) is 34.8. The summed E-state index contributed by atoms with van der Waals surface area (Å²) < 4.78 is 17.2. The third-order valence-electron chi connectivity index (χ3n) is 9.49. The van der Waals surface area contributed by atoms with E-state index in [2.05, 4.69) is 50.3 Å². The number of carboxylic acid groups (broad SMARTS) is 1. The Morgan fingerprint density at radius 2 is 1.04 bits per heavy atom. The summed E-state index contributed by atoms with van der Waals surface area (Å²) in [6.07, 6.45) is 40.4. The first-order valence-electron chi connectivity index (χ1n) is 21.5. The first-order chi connectivity index (χ1) is 25.6. The van der Waals surface area contributed by atoms with Gasteiger partial charge in [0, 0.05) is 19.3 Å². The van der Waals surface area contributed by atoms with Crippen molar-refractivity contribution in [2.75, 3.05) is 41.0 Å². The number of nitrogens with zero attached hydrogens (tertiary/aromatic N) is 1. The van der Waals surface area contributed by atoms with Gasteiger partial charge < -0.3 is 23.8 Å². The van der Waals surface area contributed by atoms with Crippen molar-refractivity contribution in [2.24, 2.45) is 0 Å². The molecule has 8 nitrogen and oxygen atoms in total. The van der Waals surface area contributed by atoms with E-state index in [1.165, 1.54) is 64.2 Å². The Morgan fingerprint density at radius 3 is 1.55 bits per heavy atom. The van der Waals surface area contributed by atoms with Crippen LogP contribution in [0, 0.1) is 0 Å². The number of aliphatic carboxylic acids is 1. The van der Waals surface area contributed by atoms with E-state index in [1.807, 2.05) is 21.1 Å². The standard InChI is InChI=1S/C45H81NO7/c1-6-8-10-12-14-16-18-20-21-22-24-25-27-29-31-33-35-43(47)52-40-41(39-51-38-37-42(45(49)50)46(3,4)5)53-44(48)36-34-32-30-28-26-23-19-17-15-13-11-9-7-2/h11,13,17,19,21-22,41-42H,6-10,12,14-16,18,20,23-40H2,1-5H3/p+1/b13-11-,19-17-,22-21-. The van der Waals surface area contributed by atoms with Crippen molar-refractivity contribution < 1.29 is 38.2 Å². The van der Waals surface area contributed by atoms with Crippen LogP contribution in [0.1, 0.15) is 181 Å². The molecule has 0 aliphatic carbocycles. The molecule has 2 unspecified atom stereocenters. The van der Waals surface area contributed by atoms with Gasteiger partial charge in [0.25, 0.3) is 0 Å². The van der Waals surface area contributed by atoms with Gasteiger partial charge in [-0.2, -0.15) is 0 Å². The van der Waals surface area contributed by atoms with Gasteiger partial charge in [-0.1, -0.05) is 134 Å². The Balaban J connectivity index is 4.38. The molecule has 0 aliphatic rings. The molecule has 308 valence electrons. The zero-order chi connectivity index (χ0) is 39.3. The molecule has 0 aromatic carbocycles. The highest BCUT2D eigenvalue weighted by atomic mass is 16.6. The lowest BCUT2D eigenvalue weighted by atomic mass is 10.1. The predicted octanol–water partition coefficient (Wildman–Crippen LogP) is 11.5. The highest BCUT2D eigenvalue weighted by molar-refractivity contribution is 5.72. The van der Waals surface area contributed by atoms with Gasteiger partial charge >= 0.3 is 17.9 Å². The molecule has 2 atom stereocenters. The number of carboxylic acids is 1. The van der Waals surface area contributed by atoms with Gasteiger partial charge in [-0.05, 0) is 64.2 Å².